The summed E-state index contributed by atoms with van der Waals surface area (Å²) < 4.78 is 1.51. The zero-order valence-electron chi connectivity index (χ0n) is 16.4. The average Bonchev–Trinajstić information content (AvgIpc) is 3.30. The van der Waals surface area contributed by atoms with Crippen LogP contribution in [-0.2, 0) is 4.79 Å². The summed E-state index contributed by atoms with van der Waals surface area (Å²) in [6, 6.07) is 0. The Labute approximate surface area is 155 Å². The van der Waals surface area contributed by atoms with Gasteiger partial charge >= 0.3 is 0 Å². The molecule has 0 atom stereocenters. The molecule has 1 aromatic heterocycles. The van der Waals surface area contributed by atoms with Gasteiger partial charge in [0.15, 0.2) is 11.6 Å². The molecule has 6 nitrogen and oxygen atoms in total. The number of aromatic nitrogens is 3. The molecule has 0 aliphatic heterocycles. The Morgan fingerprint density at radius 3 is 2.54 bits per heavy atom. The standard InChI is InChI=1S/C20H29N5O/c1-7-13(2)18(24(6)16(5)26)20-22-19(23-25(20)15(4)21)14(3)9-8-10-17-11-12-17/h8-10,17H,4,7,11-12,21H2,1-3,5-6H3/b10-8-,14-9+,18-13-. The van der Waals surface area contributed by atoms with Gasteiger partial charge in [-0.1, -0.05) is 31.7 Å². The molecule has 2 N–H and O–H groups in total. The summed E-state index contributed by atoms with van der Waals surface area (Å²) in [5, 5.41) is 4.51. The third-order valence-corrected chi connectivity index (χ3v) is 4.54. The van der Waals surface area contributed by atoms with E-state index in [0.717, 1.165) is 23.5 Å². The van der Waals surface area contributed by atoms with E-state index < -0.39 is 0 Å². The van der Waals surface area contributed by atoms with Crippen molar-refractivity contribution < 1.29 is 4.79 Å². The Balaban J connectivity index is 2.50. The summed E-state index contributed by atoms with van der Waals surface area (Å²) in [6.45, 7) is 11.3. The van der Waals surface area contributed by atoms with Gasteiger partial charge in [-0.3, -0.25) is 4.79 Å². The fourth-order valence-corrected chi connectivity index (χ4v) is 2.50. The lowest BCUT2D eigenvalue weighted by Crippen LogP contribution is -2.26. The molecule has 1 amide bonds. The largest absolute Gasteiger partial charge is 0.384 e. The molecule has 0 bridgehead atoms. The van der Waals surface area contributed by atoms with Crippen LogP contribution in [0.25, 0.3) is 17.1 Å². The van der Waals surface area contributed by atoms with Crippen LogP contribution < -0.4 is 5.73 Å². The first kappa shape index (κ1) is 19.7. The summed E-state index contributed by atoms with van der Waals surface area (Å²) in [5.74, 6) is 2.01. The maximum absolute atomic E-state index is 12.0. The zero-order valence-corrected chi connectivity index (χ0v) is 16.4. The summed E-state index contributed by atoms with van der Waals surface area (Å²) in [7, 11) is 1.73. The van der Waals surface area contributed by atoms with Gasteiger partial charge < -0.3 is 10.6 Å². The number of hydrogen-bond acceptors (Lipinski definition) is 4. The summed E-state index contributed by atoms with van der Waals surface area (Å²) in [6.07, 6.45) is 9.60. The minimum absolute atomic E-state index is 0.0776. The van der Waals surface area contributed by atoms with Crippen molar-refractivity contribution in [3.63, 3.8) is 0 Å². The maximum Gasteiger partial charge on any atom is 0.223 e. The van der Waals surface area contributed by atoms with Crippen LogP contribution in [-0.4, -0.2) is 32.6 Å². The van der Waals surface area contributed by atoms with Crippen LogP contribution >= 0.6 is 0 Å². The highest BCUT2D eigenvalue weighted by atomic mass is 16.2. The van der Waals surface area contributed by atoms with Crippen molar-refractivity contribution in [2.24, 2.45) is 11.7 Å². The van der Waals surface area contributed by atoms with Crippen LogP contribution in [0.1, 0.15) is 58.6 Å². The van der Waals surface area contributed by atoms with Crippen molar-refractivity contribution in [3.8, 4) is 0 Å². The second-order valence-electron chi connectivity index (χ2n) is 6.79. The van der Waals surface area contributed by atoms with E-state index in [4.69, 9.17) is 5.73 Å². The normalized spacial score (nSPS) is 16.0. The van der Waals surface area contributed by atoms with Crippen LogP contribution in [0.3, 0.4) is 0 Å². The van der Waals surface area contributed by atoms with Gasteiger partial charge in [-0.05, 0) is 50.2 Å². The minimum atomic E-state index is -0.0776. The molecule has 26 heavy (non-hydrogen) atoms. The number of hydrogen-bond donors (Lipinski definition) is 1. The van der Waals surface area contributed by atoms with Crippen LogP contribution in [0.2, 0.25) is 0 Å². The van der Waals surface area contributed by atoms with Crippen LogP contribution in [0.4, 0.5) is 0 Å². The average molecular weight is 355 g/mol. The Bertz CT molecular complexity index is 793. The Morgan fingerprint density at radius 2 is 2.04 bits per heavy atom. The molecule has 6 heteroatoms. The smallest absolute Gasteiger partial charge is 0.223 e. The fraction of sp³-hybridized carbons (Fsp3) is 0.450. The van der Waals surface area contributed by atoms with Gasteiger partial charge in [0.25, 0.3) is 0 Å². The lowest BCUT2D eigenvalue weighted by Gasteiger charge is -2.21. The SMILES string of the molecule is C=C(N)n1nc(/C(C)=C/C=C\C2CC2)nc1/C(=C(\C)CC)N(C)C(C)=O. The molecule has 0 aromatic carbocycles. The molecule has 1 aromatic rings. The number of carbonyl (C=O) groups is 1. The van der Waals surface area contributed by atoms with E-state index in [-0.39, 0.29) is 11.7 Å². The summed E-state index contributed by atoms with van der Waals surface area (Å²) in [5.41, 5.74) is 8.61. The Kier molecular flexibility index (Phi) is 6.18. The highest BCUT2D eigenvalue weighted by molar-refractivity contribution is 5.85. The zero-order chi connectivity index (χ0) is 19.4. The first-order valence-electron chi connectivity index (χ1n) is 8.97. The third-order valence-electron chi connectivity index (χ3n) is 4.54. The molecule has 2 rings (SSSR count). The summed E-state index contributed by atoms with van der Waals surface area (Å²) in [4.78, 5) is 18.2. The molecule has 1 aliphatic carbocycles. The van der Waals surface area contributed by atoms with E-state index in [9.17, 15) is 4.79 Å². The Morgan fingerprint density at radius 1 is 1.38 bits per heavy atom. The van der Waals surface area contributed by atoms with Crippen molar-refractivity contribution in [1.82, 2.24) is 19.7 Å². The van der Waals surface area contributed by atoms with Crippen molar-refractivity contribution >= 4 is 23.0 Å². The van der Waals surface area contributed by atoms with Gasteiger partial charge in [0.1, 0.15) is 5.82 Å². The molecule has 0 radical (unpaired) electrons. The van der Waals surface area contributed by atoms with E-state index in [1.807, 2.05) is 26.8 Å². The molecule has 1 fully saturated rings. The molecule has 0 unspecified atom stereocenters. The predicted octanol–water partition coefficient (Wildman–Crippen LogP) is 3.65. The second-order valence-corrected chi connectivity index (χ2v) is 6.79. The van der Waals surface area contributed by atoms with Gasteiger partial charge in [0.2, 0.25) is 5.91 Å². The van der Waals surface area contributed by atoms with E-state index in [1.165, 1.54) is 24.4 Å². The van der Waals surface area contributed by atoms with E-state index in [1.54, 1.807) is 11.9 Å². The van der Waals surface area contributed by atoms with E-state index in [0.29, 0.717) is 17.3 Å². The van der Waals surface area contributed by atoms with E-state index in [2.05, 4.69) is 28.8 Å². The van der Waals surface area contributed by atoms with Gasteiger partial charge in [0.05, 0.1) is 5.70 Å². The minimum Gasteiger partial charge on any atom is -0.384 e. The lowest BCUT2D eigenvalue weighted by atomic mass is 10.1. The highest BCUT2D eigenvalue weighted by Gasteiger charge is 2.23. The maximum atomic E-state index is 12.0. The van der Waals surface area contributed by atoms with Crippen molar-refractivity contribution in [1.29, 1.82) is 0 Å². The van der Waals surface area contributed by atoms with Crippen LogP contribution in [0.15, 0.2) is 30.4 Å². The monoisotopic (exact) mass is 355 g/mol. The number of carbonyl (C=O) groups excluding carboxylic acids is 1. The van der Waals surface area contributed by atoms with Gasteiger partial charge in [-0.25, -0.2) is 4.98 Å². The third kappa shape index (κ3) is 4.50. The molecular weight excluding hydrogens is 326 g/mol. The Hall–Kier alpha value is -2.63. The highest BCUT2D eigenvalue weighted by Crippen LogP contribution is 2.30. The molecule has 0 spiro atoms. The molecule has 1 saturated carbocycles. The molecule has 0 saturated heterocycles. The first-order valence-corrected chi connectivity index (χ1v) is 8.97. The number of amides is 1. The first-order chi connectivity index (χ1) is 12.3. The quantitative estimate of drug-likeness (QED) is 0.757. The van der Waals surface area contributed by atoms with Crippen molar-refractivity contribution in [2.45, 2.75) is 47.0 Å². The van der Waals surface area contributed by atoms with Crippen molar-refractivity contribution in [3.05, 3.63) is 42.0 Å². The number of allylic oxidation sites excluding steroid dienone is 5. The van der Waals surface area contributed by atoms with Crippen LogP contribution in [0, 0.1) is 5.92 Å². The topological polar surface area (TPSA) is 77.0 Å². The van der Waals surface area contributed by atoms with E-state index >= 15 is 0 Å². The van der Waals surface area contributed by atoms with Crippen LogP contribution in [0.5, 0.6) is 0 Å². The predicted molar refractivity (Wildman–Crippen MR) is 106 cm³/mol. The fourth-order valence-electron chi connectivity index (χ4n) is 2.50. The number of rotatable bonds is 7. The molecule has 1 heterocycles. The van der Waals surface area contributed by atoms with Gasteiger partial charge in [0, 0.05) is 14.0 Å². The van der Waals surface area contributed by atoms with Gasteiger partial charge in [-0.15, -0.1) is 5.10 Å². The summed E-state index contributed by atoms with van der Waals surface area (Å²) >= 11 is 0. The molecule has 1 aliphatic rings. The number of nitrogens with two attached hydrogens (primary N) is 1. The second kappa shape index (κ2) is 8.17. The van der Waals surface area contributed by atoms with Crippen molar-refractivity contribution in [2.75, 3.05) is 7.05 Å². The van der Waals surface area contributed by atoms with Gasteiger partial charge in [-0.2, -0.15) is 4.68 Å². The molecule has 140 valence electrons. The number of nitrogens with zero attached hydrogens (tertiary/aromatic N) is 4. The molecular formula is C20H29N5O. The lowest BCUT2D eigenvalue weighted by molar-refractivity contribution is -0.124.